The van der Waals surface area contributed by atoms with E-state index in [-0.39, 0.29) is 23.8 Å². The largest absolute Gasteiger partial charge is 0.493 e. The van der Waals surface area contributed by atoms with Gasteiger partial charge in [-0.2, -0.15) is 5.10 Å². The normalized spacial score (nSPS) is 10.6. The number of hydrogen-bond donors (Lipinski definition) is 2. The number of esters is 1. The molecule has 0 radical (unpaired) electrons. The van der Waals surface area contributed by atoms with E-state index in [4.69, 9.17) is 14.2 Å². The summed E-state index contributed by atoms with van der Waals surface area (Å²) in [6.45, 7) is 1.55. The van der Waals surface area contributed by atoms with E-state index < -0.39 is 11.9 Å². The van der Waals surface area contributed by atoms with Crippen molar-refractivity contribution in [1.29, 1.82) is 0 Å². The Morgan fingerprint density at radius 3 is 2.39 bits per heavy atom. The fourth-order valence-electron chi connectivity index (χ4n) is 3.13. The number of methoxy groups -OCH3 is 2. The van der Waals surface area contributed by atoms with Crippen LogP contribution in [-0.4, -0.2) is 44.8 Å². The molecule has 0 saturated heterocycles. The van der Waals surface area contributed by atoms with Crippen LogP contribution in [0.1, 0.15) is 31.8 Å². The molecule has 36 heavy (non-hydrogen) atoms. The summed E-state index contributed by atoms with van der Waals surface area (Å²) in [4.78, 5) is 37.1. The van der Waals surface area contributed by atoms with Gasteiger partial charge < -0.3 is 19.5 Å². The van der Waals surface area contributed by atoms with Gasteiger partial charge in [0.25, 0.3) is 11.8 Å². The van der Waals surface area contributed by atoms with Crippen molar-refractivity contribution in [3.8, 4) is 17.2 Å². The fraction of sp³-hybridized carbons (Fsp3) is 0.154. The van der Waals surface area contributed by atoms with E-state index in [2.05, 4.69) is 31.8 Å². The van der Waals surface area contributed by atoms with E-state index in [1.807, 2.05) is 19.1 Å². The maximum Gasteiger partial charge on any atom is 0.343 e. The van der Waals surface area contributed by atoms with Gasteiger partial charge >= 0.3 is 5.97 Å². The lowest BCUT2D eigenvalue weighted by molar-refractivity contribution is -0.120. The number of nitrogens with zero attached hydrogens (tertiary/aromatic N) is 1. The zero-order valence-electron chi connectivity index (χ0n) is 19.8. The monoisotopic (exact) mass is 553 g/mol. The van der Waals surface area contributed by atoms with Gasteiger partial charge in [0.15, 0.2) is 11.5 Å². The van der Waals surface area contributed by atoms with Crippen LogP contribution in [-0.2, 0) is 4.79 Å². The minimum Gasteiger partial charge on any atom is -0.493 e. The van der Waals surface area contributed by atoms with Crippen LogP contribution in [0.5, 0.6) is 17.2 Å². The first-order chi connectivity index (χ1) is 17.3. The van der Waals surface area contributed by atoms with Crippen molar-refractivity contribution >= 4 is 39.9 Å². The molecule has 3 aromatic rings. The maximum absolute atomic E-state index is 12.7. The highest BCUT2D eigenvalue weighted by Gasteiger charge is 2.15. The molecule has 0 aliphatic rings. The standard InChI is InChI=1S/C26H24BrN3O6/c1-16-6-4-5-7-20(16)25(32)28-15-24(31)30-29-14-18-12-19(27)9-11-21(18)36-26(33)17-8-10-22(34-2)23(13-17)35-3/h4-14H,15H2,1-3H3,(H,28,32)(H,30,31)/b29-14+. The zero-order valence-corrected chi connectivity index (χ0v) is 21.4. The minimum atomic E-state index is -0.615. The van der Waals surface area contributed by atoms with Gasteiger partial charge in [0, 0.05) is 15.6 Å². The van der Waals surface area contributed by atoms with Gasteiger partial charge in [-0.25, -0.2) is 10.2 Å². The topological polar surface area (TPSA) is 115 Å². The molecule has 9 nitrogen and oxygen atoms in total. The number of rotatable bonds is 9. The highest BCUT2D eigenvalue weighted by molar-refractivity contribution is 9.10. The quantitative estimate of drug-likeness (QED) is 0.180. The molecule has 0 aliphatic heterocycles. The van der Waals surface area contributed by atoms with Crippen LogP contribution >= 0.6 is 15.9 Å². The first-order valence-electron chi connectivity index (χ1n) is 10.7. The molecule has 2 amide bonds. The van der Waals surface area contributed by atoms with E-state index in [0.29, 0.717) is 27.1 Å². The molecule has 0 heterocycles. The van der Waals surface area contributed by atoms with Crippen molar-refractivity contribution in [2.45, 2.75) is 6.92 Å². The Bertz CT molecular complexity index is 1310. The van der Waals surface area contributed by atoms with Crippen LogP contribution in [0, 0.1) is 6.92 Å². The molecule has 0 spiro atoms. The molecular weight excluding hydrogens is 530 g/mol. The second-order valence-electron chi connectivity index (χ2n) is 7.43. The zero-order chi connectivity index (χ0) is 26.1. The van der Waals surface area contributed by atoms with Crippen molar-refractivity contribution in [3.63, 3.8) is 0 Å². The third-order valence-electron chi connectivity index (χ3n) is 4.99. The number of hydrogen-bond acceptors (Lipinski definition) is 7. The number of benzene rings is 3. The number of aryl methyl sites for hydroxylation is 1. The summed E-state index contributed by atoms with van der Waals surface area (Å²) in [6, 6.07) is 16.7. The van der Waals surface area contributed by atoms with Gasteiger partial charge in [-0.1, -0.05) is 34.1 Å². The van der Waals surface area contributed by atoms with E-state index in [1.165, 1.54) is 26.5 Å². The van der Waals surface area contributed by atoms with Crippen molar-refractivity contribution in [2.24, 2.45) is 5.10 Å². The van der Waals surface area contributed by atoms with Crippen LogP contribution < -0.4 is 25.0 Å². The average Bonchev–Trinajstić information content (AvgIpc) is 2.88. The number of halogens is 1. The molecule has 3 aromatic carbocycles. The molecule has 0 bridgehead atoms. The van der Waals surface area contributed by atoms with Gasteiger partial charge in [0.1, 0.15) is 5.75 Å². The third-order valence-corrected chi connectivity index (χ3v) is 5.48. The lowest BCUT2D eigenvalue weighted by atomic mass is 10.1. The summed E-state index contributed by atoms with van der Waals surface area (Å²) in [6.07, 6.45) is 1.34. The van der Waals surface area contributed by atoms with Crippen LogP contribution in [0.2, 0.25) is 0 Å². The second kappa shape index (κ2) is 12.5. The Morgan fingerprint density at radius 2 is 1.67 bits per heavy atom. The van der Waals surface area contributed by atoms with Crippen molar-refractivity contribution in [2.75, 3.05) is 20.8 Å². The van der Waals surface area contributed by atoms with Gasteiger partial charge in [-0.3, -0.25) is 9.59 Å². The Labute approximate surface area is 216 Å². The first-order valence-corrected chi connectivity index (χ1v) is 11.5. The summed E-state index contributed by atoms with van der Waals surface area (Å²) in [7, 11) is 2.97. The average molecular weight is 554 g/mol. The summed E-state index contributed by atoms with van der Waals surface area (Å²) >= 11 is 3.36. The number of amides is 2. The highest BCUT2D eigenvalue weighted by atomic mass is 79.9. The van der Waals surface area contributed by atoms with E-state index in [0.717, 1.165) is 5.56 Å². The summed E-state index contributed by atoms with van der Waals surface area (Å²) in [5.74, 6) is -0.395. The first kappa shape index (κ1) is 26.4. The van der Waals surface area contributed by atoms with Gasteiger partial charge in [-0.05, 0) is 55.0 Å². The molecule has 0 aromatic heterocycles. The number of nitrogens with one attached hydrogen (secondary N) is 2. The number of carbonyl (C=O) groups excluding carboxylic acids is 3. The van der Waals surface area contributed by atoms with Gasteiger partial charge in [0.2, 0.25) is 0 Å². The SMILES string of the molecule is COc1ccc(C(=O)Oc2ccc(Br)cc2/C=N/NC(=O)CNC(=O)c2ccccc2C)cc1OC. The number of ether oxygens (including phenoxy) is 3. The fourth-order valence-corrected chi connectivity index (χ4v) is 3.51. The minimum absolute atomic E-state index is 0.226. The molecule has 10 heteroatoms. The number of hydrazone groups is 1. The summed E-state index contributed by atoms with van der Waals surface area (Å²) < 4.78 is 16.7. The predicted molar refractivity (Wildman–Crippen MR) is 138 cm³/mol. The molecular formula is C26H24BrN3O6. The molecule has 0 fully saturated rings. The molecule has 3 rings (SSSR count). The van der Waals surface area contributed by atoms with Crippen molar-refractivity contribution in [3.05, 3.63) is 87.4 Å². The van der Waals surface area contributed by atoms with Crippen LogP contribution in [0.4, 0.5) is 0 Å². The summed E-state index contributed by atoms with van der Waals surface area (Å²) in [5.41, 5.74) is 4.33. The molecule has 0 saturated carbocycles. The molecule has 2 N–H and O–H groups in total. The van der Waals surface area contributed by atoms with Crippen LogP contribution in [0.3, 0.4) is 0 Å². The van der Waals surface area contributed by atoms with Gasteiger partial charge in [0.05, 0.1) is 32.5 Å². The predicted octanol–water partition coefficient (Wildman–Crippen LogP) is 3.87. The smallest absolute Gasteiger partial charge is 0.343 e. The van der Waals surface area contributed by atoms with E-state index in [1.54, 1.807) is 42.5 Å². The Kier molecular flexibility index (Phi) is 9.18. The van der Waals surface area contributed by atoms with E-state index in [9.17, 15) is 14.4 Å². The van der Waals surface area contributed by atoms with Crippen LogP contribution in [0.25, 0.3) is 0 Å². The maximum atomic E-state index is 12.7. The van der Waals surface area contributed by atoms with Crippen LogP contribution in [0.15, 0.2) is 70.2 Å². The van der Waals surface area contributed by atoms with Crippen molar-refractivity contribution in [1.82, 2.24) is 10.7 Å². The number of carbonyl (C=O) groups is 3. The summed E-state index contributed by atoms with van der Waals surface area (Å²) in [5, 5.41) is 6.47. The Hall–Kier alpha value is -4.18. The molecule has 0 aliphatic carbocycles. The Balaban J connectivity index is 1.63. The van der Waals surface area contributed by atoms with Crippen molar-refractivity contribution < 1.29 is 28.6 Å². The van der Waals surface area contributed by atoms with Gasteiger partial charge in [-0.15, -0.1) is 0 Å². The molecule has 0 atom stereocenters. The lowest BCUT2D eigenvalue weighted by Crippen LogP contribution is -2.35. The molecule has 186 valence electrons. The lowest BCUT2D eigenvalue weighted by Gasteiger charge is -2.11. The molecule has 0 unspecified atom stereocenters. The second-order valence-corrected chi connectivity index (χ2v) is 8.35. The Morgan fingerprint density at radius 1 is 0.944 bits per heavy atom. The van der Waals surface area contributed by atoms with E-state index >= 15 is 0 Å². The third kappa shape index (κ3) is 6.92. The highest BCUT2D eigenvalue weighted by Crippen LogP contribution is 2.29.